The van der Waals surface area contributed by atoms with Gasteiger partial charge in [-0.05, 0) is 46.3 Å². The number of ketones is 2. The van der Waals surface area contributed by atoms with Crippen molar-refractivity contribution in [2.75, 3.05) is 0 Å². The standard InChI is InChI=1S/C15H22O5/c1-9-7-10(16)13(11(17)8-9)15(4,20)12(18)5-6-14(2,3)19/h5-7,11,13,17,19-20H,8H2,1-4H3/b6-5+. The minimum atomic E-state index is -2.00. The van der Waals surface area contributed by atoms with Crippen molar-refractivity contribution in [2.24, 2.45) is 5.92 Å². The third kappa shape index (κ3) is 3.85. The summed E-state index contributed by atoms with van der Waals surface area (Å²) < 4.78 is 0. The van der Waals surface area contributed by atoms with Gasteiger partial charge in [-0.1, -0.05) is 11.6 Å². The number of carbonyl (C=O) groups excluding carboxylic acids is 2. The Kier molecular flexibility index (Phi) is 4.69. The maximum Gasteiger partial charge on any atom is 0.187 e. The van der Waals surface area contributed by atoms with Crippen LogP contribution in [0.2, 0.25) is 0 Å². The molecule has 0 saturated heterocycles. The van der Waals surface area contributed by atoms with Crippen molar-refractivity contribution in [1.29, 1.82) is 0 Å². The molecule has 0 heterocycles. The second-order valence-electron chi connectivity index (χ2n) is 6.14. The maximum absolute atomic E-state index is 12.1. The molecule has 0 spiro atoms. The largest absolute Gasteiger partial charge is 0.392 e. The van der Waals surface area contributed by atoms with Crippen LogP contribution in [0.15, 0.2) is 23.8 Å². The number of carbonyl (C=O) groups is 2. The SMILES string of the molecule is CC1=CC(=O)C(C(C)(O)C(=O)/C=C/C(C)(C)O)C(O)C1. The van der Waals surface area contributed by atoms with E-state index in [2.05, 4.69) is 0 Å². The fourth-order valence-corrected chi connectivity index (χ4v) is 2.28. The van der Waals surface area contributed by atoms with Crippen LogP contribution in [0, 0.1) is 5.92 Å². The van der Waals surface area contributed by atoms with Crippen molar-refractivity contribution in [3.63, 3.8) is 0 Å². The van der Waals surface area contributed by atoms with Crippen molar-refractivity contribution in [2.45, 2.75) is 51.4 Å². The molecule has 0 aromatic rings. The van der Waals surface area contributed by atoms with Crippen molar-refractivity contribution in [3.8, 4) is 0 Å². The van der Waals surface area contributed by atoms with Gasteiger partial charge in [-0.3, -0.25) is 9.59 Å². The van der Waals surface area contributed by atoms with Crippen LogP contribution in [0.1, 0.15) is 34.1 Å². The Morgan fingerprint density at radius 3 is 2.35 bits per heavy atom. The summed E-state index contributed by atoms with van der Waals surface area (Å²) in [7, 11) is 0. The predicted octanol–water partition coefficient (Wildman–Crippen LogP) is 0.530. The Bertz CT molecular complexity index is 465. The first-order chi connectivity index (χ1) is 8.95. The van der Waals surface area contributed by atoms with E-state index in [0.717, 1.165) is 6.08 Å². The molecule has 3 atom stereocenters. The van der Waals surface area contributed by atoms with E-state index in [0.29, 0.717) is 5.57 Å². The molecule has 3 unspecified atom stereocenters. The first-order valence-corrected chi connectivity index (χ1v) is 6.52. The average Bonchev–Trinajstić information content (AvgIpc) is 2.22. The highest BCUT2D eigenvalue weighted by Gasteiger charge is 2.47. The lowest BCUT2D eigenvalue weighted by Crippen LogP contribution is -2.52. The Hall–Kier alpha value is -1.30. The number of allylic oxidation sites excluding steroid dienone is 1. The number of hydrogen-bond acceptors (Lipinski definition) is 5. The quantitative estimate of drug-likeness (QED) is 0.654. The van der Waals surface area contributed by atoms with Crippen LogP contribution in [0.4, 0.5) is 0 Å². The average molecular weight is 282 g/mol. The molecule has 0 aromatic carbocycles. The molecule has 0 amide bonds. The molecule has 3 N–H and O–H groups in total. The summed E-state index contributed by atoms with van der Waals surface area (Å²) >= 11 is 0. The van der Waals surface area contributed by atoms with Gasteiger partial charge in [0.2, 0.25) is 0 Å². The zero-order valence-corrected chi connectivity index (χ0v) is 12.3. The smallest absolute Gasteiger partial charge is 0.187 e. The van der Waals surface area contributed by atoms with E-state index in [4.69, 9.17) is 0 Å². The highest BCUT2D eigenvalue weighted by atomic mass is 16.3. The summed E-state index contributed by atoms with van der Waals surface area (Å²) in [6, 6.07) is 0. The normalized spacial score (nSPS) is 27.4. The lowest BCUT2D eigenvalue weighted by atomic mass is 9.74. The van der Waals surface area contributed by atoms with Gasteiger partial charge in [0.1, 0.15) is 5.60 Å². The topological polar surface area (TPSA) is 94.8 Å². The minimum Gasteiger partial charge on any atom is -0.392 e. The van der Waals surface area contributed by atoms with Gasteiger partial charge in [0, 0.05) is 0 Å². The predicted molar refractivity (Wildman–Crippen MR) is 73.9 cm³/mol. The molecule has 1 aliphatic rings. The van der Waals surface area contributed by atoms with Crippen LogP contribution in [-0.4, -0.2) is 44.2 Å². The fourth-order valence-electron chi connectivity index (χ4n) is 2.28. The molecule has 5 heteroatoms. The second kappa shape index (κ2) is 5.60. The third-order valence-corrected chi connectivity index (χ3v) is 3.36. The second-order valence-corrected chi connectivity index (χ2v) is 6.14. The van der Waals surface area contributed by atoms with E-state index in [1.54, 1.807) is 6.92 Å². The Balaban J connectivity index is 3.01. The van der Waals surface area contributed by atoms with E-state index >= 15 is 0 Å². The van der Waals surface area contributed by atoms with Crippen LogP contribution >= 0.6 is 0 Å². The van der Waals surface area contributed by atoms with Gasteiger partial charge < -0.3 is 15.3 Å². The Morgan fingerprint density at radius 2 is 1.90 bits per heavy atom. The summed E-state index contributed by atoms with van der Waals surface area (Å²) in [5, 5.41) is 29.8. The summed E-state index contributed by atoms with van der Waals surface area (Å²) in [4.78, 5) is 24.0. The van der Waals surface area contributed by atoms with E-state index in [-0.39, 0.29) is 6.42 Å². The highest BCUT2D eigenvalue weighted by molar-refractivity contribution is 6.04. The number of rotatable bonds is 4. The van der Waals surface area contributed by atoms with E-state index in [1.165, 1.54) is 32.9 Å². The number of aliphatic hydroxyl groups excluding tert-OH is 1. The summed E-state index contributed by atoms with van der Waals surface area (Å²) in [6.07, 6.45) is 2.78. The minimum absolute atomic E-state index is 0.245. The summed E-state index contributed by atoms with van der Waals surface area (Å²) in [5.74, 6) is -2.37. The van der Waals surface area contributed by atoms with Crippen LogP contribution in [-0.2, 0) is 9.59 Å². The van der Waals surface area contributed by atoms with Crippen molar-refractivity contribution >= 4 is 11.6 Å². The van der Waals surface area contributed by atoms with Gasteiger partial charge in [0.05, 0.1) is 17.6 Å². The molecule has 1 rings (SSSR count). The molecule has 0 bridgehead atoms. The maximum atomic E-state index is 12.1. The monoisotopic (exact) mass is 282 g/mol. The lowest BCUT2D eigenvalue weighted by molar-refractivity contribution is -0.150. The van der Waals surface area contributed by atoms with Gasteiger partial charge in [-0.2, -0.15) is 0 Å². The van der Waals surface area contributed by atoms with Gasteiger partial charge in [-0.15, -0.1) is 0 Å². The molecule has 5 nitrogen and oxygen atoms in total. The zero-order chi connectivity index (χ0) is 15.7. The molecular formula is C15H22O5. The molecule has 0 aromatic heterocycles. The van der Waals surface area contributed by atoms with Gasteiger partial charge in [0.15, 0.2) is 11.6 Å². The summed E-state index contributed by atoms with van der Waals surface area (Å²) in [5.41, 5.74) is -2.48. The molecular weight excluding hydrogens is 260 g/mol. The van der Waals surface area contributed by atoms with Crippen LogP contribution in [0.25, 0.3) is 0 Å². The molecule has 0 saturated carbocycles. The molecule has 0 aliphatic heterocycles. The van der Waals surface area contributed by atoms with Crippen molar-refractivity contribution < 1.29 is 24.9 Å². The molecule has 0 fully saturated rings. The van der Waals surface area contributed by atoms with Crippen molar-refractivity contribution in [3.05, 3.63) is 23.8 Å². The molecule has 1 aliphatic carbocycles. The number of aliphatic hydroxyl groups is 3. The zero-order valence-electron chi connectivity index (χ0n) is 12.3. The molecule has 0 radical (unpaired) electrons. The Morgan fingerprint density at radius 1 is 1.35 bits per heavy atom. The van der Waals surface area contributed by atoms with Crippen LogP contribution < -0.4 is 0 Å². The van der Waals surface area contributed by atoms with Gasteiger partial charge in [0.25, 0.3) is 0 Å². The lowest BCUT2D eigenvalue weighted by Gasteiger charge is -2.35. The highest BCUT2D eigenvalue weighted by Crippen LogP contribution is 2.31. The van der Waals surface area contributed by atoms with Crippen LogP contribution in [0.5, 0.6) is 0 Å². The van der Waals surface area contributed by atoms with E-state index in [9.17, 15) is 24.9 Å². The fraction of sp³-hybridized carbons (Fsp3) is 0.600. The Labute approximate surface area is 118 Å². The van der Waals surface area contributed by atoms with E-state index < -0.39 is 34.8 Å². The first-order valence-electron chi connectivity index (χ1n) is 6.52. The van der Waals surface area contributed by atoms with Gasteiger partial charge >= 0.3 is 0 Å². The number of hydrogen-bond donors (Lipinski definition) is 3. The van der Waals surface area contributed by atoms with Gasteiger partial charge in [-0.25, -0.2) is 0 Å². The van der Waals surface area contributed by atoms with Crippen molar-refractivity contribution in [1.82, 2.24) is 0 Å². The van der Waals surface area contributed by atoms with Crippen LogP contribution in [0.3, 0.4) is 0 Å². The molecule has 112 valence electrons. The third-order valence-electron chi connectivity index (χ3n) is 3.36. The van der Waals surface area contributed by atoms with E-state index in [1.807, 2.05) is 0 Å². The first kappa shape index (κ1) is 16.8. The summed E-state index contributed by atoms with van der Waals surface area (Å²) in [6.45, 7) is 5.89. The molecule has 20 heavy (non-hydrogen) atoms.